The smallest absolute Gasteiger partial charge is 0.243 e. The van der Waals surface area contributed by atoms with Gasteiger partial charge in [-0.3, -0.25) is 28.9 Å². The molecule has 2 atom stereocenters. The molecule has 0 aliphatic carbocycles. The van der Waals surface area contributed by atoms with E-state index in [1.807, 2.05) is 4.72 Å². The number of imide groups is 1. The fourth-order valence-electron chi connectivity index (χ4n) is 2.66. The third-order valence-corrected chi connectivity index (χ3v) is 5.83. The molecule has 0 spiro atoms. The molecular weight excluding hydrogens is 418 g/mol. The minimum Gasteiger partial charge on any atom is -0.668 e. The summed E-state index contributed by atoms with van der Waals surface area (Å²) in [6, 6.07) is -1.00. The third kappa shape index (κ3) is 9.05. The zero-order chi connectivity index (χ0) is 21.8. The van der Waals surface area contributed by atoms with Gasteiger partial charge in [0.2, 0.25) is 29.5 Å². The van der Waals surface area contributed by atoms with E-state index in [2.05, 4.69) is 23.4 Å². The first kappa shape index (κ1) is 25.2. The van der Waals surface area contributed by atoms with E-state index in [0.29, 0.717) is 6.42 Å². The lowest BCUT2D eigenvalue weighted by Crippen LogP contribution is -2.49. The van der Waals surface area contributed by atoms with Crippen molar-refractivity contribution in [1.82, 2.24) is 20.3 Å². The lowest BCUT2D eigenvalue weighted by atomic mass is 10.1. The van der Waals surface area contributed by atoms with Gasteiger partial charge in [-0.05, 0) is 18.6 Å². The maximum atomic E-state index is 12.1. The van der Waals surface area contributed by atoms with Crippen LogP contribution in [0.3, 0.4) is 0 Å². The summed E-state index contributed by atoms with van der Waals surface area (Å²) < 4.78 is 2.02. The first-order valence-electron chi connectivity index (χ1n) is 9.40. The van der Waals surface area contributed by atoms with Gasteiger partial charge in [-0.1, -0.05) is 6.42 Å². The van der Waals surface area contributed by atoms with Crippen LogP contribution in [-0.2, 0) is 36.8 Å². The van der Waals surface area contributed by atoms with Crippen molar-refractivity contribution in [2.75, 3.05) is 25.9 Å². The van der Waals surface area contributed by atoms with Crippen LogP contribution in [0.1, 0.15) is 38.5 Å². The van der Waals surface area contributed by atoms with E-state index < -0.39 is 17.9 Å². The number of unbranched alkanes of at least 4 members (excludes halogenated alkanes) is 2. The van der Waals surface area contributed by atoms with Crippen molar-refractivity contribution in [2.45, 2.75) is 49.8 Å². The summed E-state index contributed by atoms with van der Waals surface area (Å²) in [4.78, 5) is 60.0. The molecule has 1 rings (SSSR count). The van der Waals surface area contributed by atoms with Crippen molar-refractivity contribution in [3.05, 3.63) is 0 Å². The summed E-state index contributed by atoms with van der Waals surface area (Å²) in [5.74, 6) is -0.931. The van der Waals surface area contributed by atoms with E-state index in [9.17, 15) is 24.0 Å². The minimum atomic E-state index is -1.00. The highest BCUT2D eigenvalue weighted by atomic mass is 32.2. The zero-order valence-electron chi connectivity index (χ0n) is 16.4. The van der Waals surface area contributed by atoms with Crippen molar-refractivity contribution >= 4 is 54.1 Å². The second kappa shape index (κ2) is 13.4. The normalized spacial score (nSPS) is 17.2. The molecule has 10 nitrogen and oxygen atoms in total. The Morgan fingerprint density at radius 1 is 1.24 bits per heavy atom. The summed E-state index contributed by atoms with van der Waals surface area (Å²) in [5.41, 5.74) is 5.33. The molecule has 164 valence electrons. The van der Waals surface area contributed by atoms with Gasteiger partial charge in [0.15, 0.2) is 0 Å². The number of nitrogens with zero attached hydrogens (tertiary/aromatic N) is 1. The zero-order valence-corrected chi connectivity index (χ0v) is 18.0. The first-order valence-corrected chi connectivity index (χ1v) is 10.9. The number of thioether (sulfide) groups is 1. The van der Waals surface area contributed by atoms with Gasteiger partial charge >= 0.3 is 0 Å². The molecule has 5 N–H and O–H groups in total. The fraction of sp³-hybridized carbons (Fsp3) is 0.706. The number of amides is 5. The van der Waals surface area contributed by atoms with Gasteiger partial charge in [0, 0.05) is 33.0 Å². The number of nitrogens with two attached hydrogens (primary N) is 1. The number of rotatable bonds is 13. The maximum Gasteiger partial charge on any atom is 0.243 e. The molecule has 0 radical (unpaired) electrons. The van der Waals surface area contributed by atoms with Crippen molar-refractivity contribution in [3.63, 3.8) is 0 Å². The fourth-order valence-corrected chi connectivity index (χ4v) is 3.96. The molecule has 0 aromatic rings. The predicted octanol–water partition coefficient (Wildman–Crippen LogP) is -1.43. The third-order valence-electron chi connectivity index (χ3n) is 4.31. The summed E-state index contributed by atoms with van der Waals surface area (Å²) in [6.07, 6.45) is 2.39. The van der Waals surface area contributed by atoms with Crippen molar-refractivity contribution in [1.29, 1.82) is 0 Å². The second-order valence-electron chi connectivity index (χ2n) is 6.59. The van der Waals surface area contributed by atoms with Gasteiger partial charge in [0.1, 0.15) is 6.04 Å². The SMILES string of the molecule is CN1C(=O)CC(SCCCCCC(=O)N[C@@H](CC(=O)N[S-])C(=O)NCCN)C1=O. The van der Waals surface area contributed by atoms with E-state index in [1.54, 1.807) is 0 Å². The highest BCUT2D eigenvalue weighted by molar-refractivity contribution is 8.00. The highest BCUT2D eigenvalue weighted by Crippen LogP contribution is 2.25. The first-order chi connectivity index (χ1) is 13.8. The monoisotopic (exact) mass is 446 g/mol. The lowest BCUT2D eigenvalue weighted by Gasteiger charge is -2.19. The Bertz CT molecular complexity index is 619. The van der Waals surface area contributed by atoms with Crippen molar-refractivity contribution < 1.29 is 24.0 Å². The molecule has 0 bridgehead atoms. The Balaban J connectivity index is 2.27. The number of likely N-dealkylation sites (tertiary alicyclic amines) is 1. The number of carbonyl (C=O) groups excluding carboxylic acids is 5. The van der Waals surface area contributed by atoms with Crippen LogP contribution in [0.4, 0.5) is 0 Å². The summed E-state index contributed by atoms with van der Waals surface area (Å²) in [6.45, 7) is 0.484. The quantitative estimate of drug-likeness (QED) is 0.153. The molecule has 1 aliphatic rings. The number of hydrogen-bond donors (Lipinski definition) is 4. The van der Waals surface area contributed by atoms with E-state index in [0.717, 1.165) is 23.5 Å². The van der Waals surface area contributed by atoms with Crippen LogP contribution in [0.2, 0.25) is 0 Å². The van der Waals surface area contributed by atoms with E-state index in [4.69, 9.17) is 5.73 Å². The average Bonchev–Trinajstić information content (AvgIpc) is 2.94. The standard InChI is InChI=1S/C17H28N5O5S2/c1-22-15(25)10-12(17(22)27)29-8-4-2-3-5-13(23)20-11(9-14(24)21-28)16(26)19-7-6-18/h11-12H,2-10,18H2,1H3,(H3-,19,20,21,23,24,26,28)/q-1/t11-,12?/m0/s1. The van der Waals surface area contributed by atoms with Crippen LogP contribution in [0.5, 0.6) is 0 Å². The molecule has 5 amide bonds. The van der Waals surface area contributed by atoms with E-state index >= 15 is 0 Å². The Kier molecular flexibility index (Phi) is 11.7. The molecule has 1 aliphatic heterocycles. The minimum absolute atomic E-state index is 0.151. The van der Waals surface area contributed by atoms with Crippen LogP contribution < -0.4 is 21.1 Å². The van der Waals surface area contributed by atoms with Gasteiger partial charge < -0.3 is 33.9 Å². The van der Waals surface area contributed by atoms with Crippen LogP contribution in [0, 0.1) is 0 Å². The van der Waals surface area contributed by atoms with Gasteiger partial charge in [-0.25, -0.2) is 0 Å². The Morgan fingerprint density at radius 2 is 1.97 bits per heavy atom. The Morgan fingerprint density at radius 3 is 2.55 bits per heavy atom. The highest BCUT2D eigenvalue weighted by Gasteiger charge is 2.35. The second-order valence-corrected chi connectivity index (χ2v) is 8.11. The van der Waals surface area contributed by atoms with Gasteiger partial charge in [0.25, 0.3) is 0 Å². The summed E-state index contributed by atoms with van der Waals surface area (Å²) in [7, 11) is 1.49. The molecule has 1 fully saturated rings. The van der Waals surface area contributed by atoms with Crippen LogP contribution in [-0.4, -0.2) is 71.6 Å². The molecule has 0 aromatic heterocycles. The molecule has 29 heavy (non-hydrogen) atoms. The summed E-state index contributed by atoms with van der Waals surface area (Å²) >= 11 is 5.90. The lowest BCUT2D eigenvalue weighted by molar-refractivity contribution is -0.136. The maximum absolute atomic E-state index is 12.1. The number of carbonyl (C=O) groups is 5. The number of hydrogen-bond acceptors (Lipinski definition) is 8. The topological polar surface area (TPSA) is 151 Å². The molecule has 0 aromatic carbocycles. The molecule has 1 heterocycles. The van der Waals surface area contributed by atoms with Gasteiger partial charge in [-0.15, -0.1) is 11.8 Å². The molecule has 1 unspecified atom stereocenters. The Hall–Kier alpha value is -1.79. The van der Waals surface area contributed by atoms with E-state index in [-0.39, 0.29) is 55.3 Å². The summed E-state index contributed by atoms with van der Waals surface area (Å²) in [5, 5.41) is 4.78. The van der Waals surface area contributed by atoms with Crippen molar-refractivity contribution in [2.24, 2.45) is 5.73 Å². The average molecular weight is 447 g/mol. The molecule has 1 saturated heterocycles. The van der Waals surface area contributed by atoms with Gasteiger partial charge in [0.05, 0.1) is 11.7 Å². The molecule has 12 heteroatoms. The Labute approximate surface area is 180 Å². The van der Waals surface area contributed by atoms with Crippen LogP contribution in [0.25, 0.3) is 0 Å². The predicted molar refractivity (Wildman–Crippen MR) is 111 cm³/mol. The largest absolute Gasteiger partial charge is 0.668 e. The van der Waals surface area contributed by atoms with Gasteiger partial charge in [-0.2, -0.15) is 0 Å². The molecular formula is C17H28N5O5S2-. The number of nitrogens with one attached hydrogen (secondary N) is 3. The van der Waals surface area contributed by atoms with E-state index in [1.165, 1.54) is 18.8 Å². The molecule has 0 saturated carbocycles. The van der Waals surface area contributed by atoms with Crippen molar-refractivity contribution in [3.8, 4) is 0 Å². The van der Waals surface area contributed by atoms with Crippen LogP contribution >= 0.6 is 11.8 Å². The van der Waals surface area contributed by atoms with Crippen LogP contribution in [0.15, 0.2) is 0 Å².